The van der Waals surface area contributed by atoms with E-state index < -0.39 is 6.04 Å². The second-order valence-corrected chi connectivity index (χ2v) is 8.01. The Morgan fingerprint density at radius 2 is 2.29 bits per heavy atom. The van der Waals surface area contributed by atoms with Crippen molar-refractivity contribution in [2.75, 3.05) is 11.1 Å². The van der Waals surface area contributed by atoms with E-state index in [1.807, 2.05) is 18.2 Å². The second kappa shape index (κ2) is 5.65. The number of anilines is 1. The summed E-state index contributed by atoms with van der Waals surface area (Å²) in [5.74, 6) is 0.794. The van der Waals surface area contributed by atoms with Crippen LogP contribution in [0.1, 0.15) is 25.3 Å². The number of benzene rings is 1. The molecule has 1 unspecified atom stereocenters. The number of hydrogen-bond donors (Lipinski definition) is 2. The molecule has 21 heavy (non-hydrogen) atoms. The van der Waals surface area contributed by atoms with Crippen LogP contribution in [-0.4, -0.2) is 28.4 Å². The van der Waals surface area contributed by atoms with Gasteiger partial charge in [-0.15, -0.1) is 11.8 Å². The van der Waals surface area contributed by atoms with E-state index in [0.29, 0.717) is 6.42 Å². The third-order valence-corrected chi connectivity index (χ3v) is 5.84. The van der Waals surface area contributed by atoms with Gasteiger partial charge in [-0.05, 0) is 36.3 Å². The smallest absolute Gasteiger partial charge is 0.247 e. The van der Waals surface area contributed by atoms with Crippen molar-refractivity contribution in [2.24, 2.45) is 0 Å². The highest BCUT2D eigenvalue weighted by molar-refractivity contribution is 9.10. The number of amides is 2. The third kappa shape index (κ3) is 2.97. The molecule has 1 aromatic rings. The number of halogens is 1. The second-order valence-electron chi connectivity index (χ2n) is 5.45. The first-order valence-electron chi connectivity index (χ1n) is 7.08. The lowest BCUT2D eigenvalue weighted by molar-refractivity contribution is -0.126. The van der Waals surface area contributed by atoms with E-state index in [0.717, 1.165) is 34.3 Å². The standard InChI is InChI=1S/C15H17BrN2O2S/c1-2-21-15(5-6-15)14(20)18-12-7-9-3-4-10(16)8-11(9)17-13(12)19/h3-4,8,12H,2,5-7H2,1H3,(H,17,19)(H,18,20). The van der Waals surface area contributed by atoms with Gasteiger partial charge in [-0.25, -0.2) is 0 Å². The molecule has 1 aliphatic heterocycles. The van der Waals surface area contributed by atoms with E-state index in [1.165, 1.54) is 0 Å². The van der Waals surface area contributed by atoms with E-state index >= 15 is 0 Å². The molecule has 1 fully saturated rings. The molecule has 112 valence electrons. The van der Waals surface area contributed by atoms with E-state index in [1.54, 1.807) is 11.8 Å². The zero-order chi connectivity index (χ0) is 15.0. The van der Waals surface area contributed by atoms with Crippen LogP contribution in [0.4, 0.5) is 5.69 Å². The molecule has 3 rings (SSSR count). The van der Waals surface area contributed by atoms with Crippen LogP contribution in [0.3, 0.4) is 0 Å². The highest BCUT2D eigenvalue weighted by atomic mass is 79.9. The highest BCUT2D eigenvalue weighted by Crippen LogP contribution is 2.48. The average molecular weight is 369 g/mol. The van der Waals surface area contributed by atoms with Crippen LogP contribution < -0.4 is 10.6 Å². The molecule has 4 nitrogen and oxygen atoms in total. The van der Waals surface area contributed by atoms with Crippen LogP contribution in [0.15, 0.2) is 22.7 Å². The summed E-state index contributed by atoms with van der Waals surface area (Å²) in [7, 11) is 0. The average Bonchev–Trinajstić information content (AvgIpc) is 3.21. The number of rotatable bonds is 4. The molecule has 0 radical (unpaired) electrons. The largest absolute Gasteiger partial charge is 0.343 e. The van der Waals surface area contributed by atoms with E-state index in [-0.39, 0.29) is 16.6 Å². The molecule has 1 heterocycles. The maximum Gasteiger partial charge on any atom is 0.247 e. The van der Waals surface area contributed by atoms with Crippen molar-refractivity contribution in [3.8, 4) is 0 Å². The fourth-order valence-electron chi connectivity index (χ4n) is 2.61. The maximum absolute atomic E-state index is 12.4. The summed E-state index contributed by atoms with van der Waals surface area (Å²) >= 11 is 5.07. The molecule has 2 N–H and O–H groups in total. The predicted molar refractivity (Wildman–Crippen MR) is 88.5 cm³/mol. The minimum Gasteiger partial charge on any atom is -0.343 e. The lowest BCUT2D eigenvalue weighted by Crippen LogP contribution is -2.50. The molecule has 2 aliphatic rings. The molecule has 0 saturated heterocycles. The lowest BCUT2D eigenvalue weighted by atomic mass is 9.99. The van der Waals surface area contributed by atoms with Crippen molar-refractivity contribution in [1.82, 2.24) is 5.32 Å². The molecular formula is C15H17BrN2O2S. The first kappa shape index (κ1) is 14.9. The zero-order valence-corrected chi connectivity index (χ0v) is 14.1. The monoisotopic (exact) mass is 368 g/mol. The van der Waals surface area contributed by atoms with Crippen molar-refractivity contribution in [1.29, 1.82) is 0 Å². The van der Waals surface area contributed by atoms with Gasteiger partial charge in [-0.1, -0.05) is 28.9 Å². The first-order valence-corrected chi connectivity index (χ1v) is 8.86. The summed E-state index contributed by atoms with van der Waals surface area (Å²) < 4.78 is 0.648. The van der Waals surface area contributed by atoms with Crippen molar-refractivity contribution in [2.45, 2.75) is 37.0 Å². The molecule has 0 aromatic heterocycles. The Bertz CT molecular complexity index is 601. The molecule has 0 spiro atoms. The third-order valence-electron chi connectivity index (χ3n) is 3.91. The number of thioether (sulfide) groups is 1. The van der Waals surface area contributed by atoms with Crippen molar-refractivity contribution < 1.29 is 9.59 Å². The summed E-state index contributed by atoms with van der Waals surface area (Å²) in [5, 5.41) is 5.80. The summed E-state index contributed by atoms with van der Waals surface area (Å²) in [6.45, 7) is 2.05. The minimum absolute atomic E-state index is 0.00932. The van der Waals surface area contributed by atoms with E-state index in [2.05, 4.69) is 33.5 Å². The quantitative estimate of drug-likeness (QED) is 0.858. The summed E-state index contributed by atoms with van der Waals surface area (Å²) in [6.07, 6.45) is 2.37. The van der Waals surface area contributed by atoms with E-state index in [9.17, 15) is 9.59 Å². The van der Waals surface area contributed by atoms with Gasteiger partial charge in [-0.2, -0.15) is 0 Å². The maximum atomic E-state index is 12.4. The SMILES string of the molecule is CCSC1(C(=O)NC2Cc3ccc(Br)cc3NC2=O)CC1. The lowest BCUT2D eigenvalue weighted by Gasteiger charge is -2.27. The van der Waals surface area contributed by atoms with Crippen LogP contribution in [0.25, 0.3) is 0 Å². The Morgan fingerprint density at radius 3 is 2.95 bits per heavy atom. The van der Waals surface area contributed by atoms with Gasteiger partial charge >= 0.3 is 0 Å². The van der Waals surface area contributed by atoms with Crippen LogP contribution in [0, 0.1) is 0 Å². The van der Waals surface area contributed by atoms with Gasteiger partial charge in [0.05, 0.1) is 4.75 Å². The van der Waals surface area contributed by atoms with Crippen LogP contribution in [0.5, 0.6) is 0 Å². The predicted octanol–water partition coefficient (Wildman–Crippen LogP) is 2.71. The Balaban J connectivity index is 1.71. The fraction of sp³-hybridized carbons (Fsp3) is 0.467. The fourth-order valence-corrected chi connectivity index (χ4v) is 4.10. The zero-order valence-electron chi connectivity index (χ0n) is 11.7. The van der Waals surface area contributed by atoms with Crippen LogP contribution in [0.2, 0.25) is 0 Å². The Morgan fingerprint density at radius 1 is 1.52 bits per heavy atom. The summed E-state index contributed by atoms with van der Waals surface area (Å²) in [4.78, 5) is 24.5. The Kier molecular flexibility index (Phi) is 4.01. The molecule has 2 amide bonds. The number of fused-ring (bicyclic) bond motifs is 1. The van der Waals surface area contributed by atoms with Gasteiger partial charge in [-0.3, -0.25) is 9.59 Å². The van der Waals surface area contributed by atoms with Gasteiger partial charge in [0.15, 0.2) is 0 Å². The topological polar surface area (TPSA) is 58.2 Å². The summed E-state index contributed by atoms with van der Waals surface area (Å²) in [6, 6.07) is 5.35. The summed E-state index contributed by atoms with van der Waals surface area (Å²) in [5.41, 5.74) is 1.88. The number of carbonyl (C=O) groups is 2. The normalized spacial score (nSPS) is 22.2. The van der Waals surface area contributed by atoms with Crippen LogP contribution >= 0.6 is 27.7 Å². The van der Waals surface area contributed by atoms with Gasteiger partial charge < -0.3 is 10.6 Å². The molecular weight excluding hydrogens is 352 g/mol. The van der Waals surface area contributed by atoms with Gasteiger partial charge in [0.1, 0.15) is 6.04 Å². The Hall–Kier alpha value is -1.01. The molecule has 0 bridgehead atoms. The highest BCUT2D eigenvalue weighted by Gasteiger charge is 2.50. The molecule has 1 aliphatic carbocycles. The number of carbonyl (C=O) groups excluding carboxylic acids is 2. The van der Waals surface area contributed by atoms with Crippen LogP contribution in [-0.2, 0) is 16.0 Å². The Labute approximate surface area is 136 Å². The van der Waals surface area contributed by atoms with Gasteiger partial charge in [0.25, 0.3) is 0 Å². The molecule has 6 heteroatoms. The number of nitrogens with one attached hydrogen (secondary N) is 2. The van der Waals surface area contributed by atoms with Crippen molar-refractivity contribution >= 4 is 45.2 Å². The van der Waals surface area contributed by atoms with Gasteiger partial charge in [0.2, 0.25) is 11.8 Å². The molecule has 1 atom stereocenters. The molecule has 1 saturated carbocycles. The first-order chi connectivity index (χ1) is 10.0. The van der Waals surface area contributed by atoms with Crippen molar-refractivity contribution in [3.63, 3.8) is 0 Å². The van der Waals surface area contributed by atoms with Crippen molar-refractivity contribution in [3.05, 3.63) is 28.2 Å². The van der Waals surface area contributed by atoms with E-state index in [4.69, 9.17) is 0 Å². The number of hydrogen-bond acceptors (Lipinski definition) is 3. The molecule has 1 aromatic carbocycles. The minimum atomic E-state index is -0.471. The van der Waals surface area contributed by atoms with Gasteiger partial charge in [0, 0.05) is 16.6 Å².